The van der Waals surface area contributed by atoms with E-state index in [9.17, 15) is 24.0 Å². The molecule has 0 saturated carbocycles. The fraction of sp³-hybridized carbons (Fsp3) is 0.167. The first-order chi connectivity index (χ1) is 13.8. The number of hydrogen-bond donors (Lipinski definition) is 1. The predicted octanol–water partition coefficient (Wildman–Crippen LogP) is 2.40. The van der Waals surface area contributed by atoms with Gasteiger partial charge in [-0.05, 0) is 12.1 Å². The Hall–Kier alpha value is -3.73. The Kier molecular flexibility index (Phi) is 4.51. The van der Waals surface area contributed by atoms with Gasteiger partial charge in [-0.15, -0.1) is 0 Å². The van der Waals surface area contributed by atoms with Crippen LogP contribution in [0.1, 0.15) is 5.56 Å². The summed E-state index contributed by atoms with van der Waals surface area (Å²) in [6.07, 6.45) is 4.13. The van der Waals surface area contributed by atoms with E-state index in [0.29, 0.717) is 17.0 Å². The van der Waals surface area contributed by atoms with Gasteiger partial charge in [-0.2, -0.15) is 10.2 Å². The summed E-state index contributed by atoms with van der Waals surface area (Å²) in [5, 5.41) is 31.0. The van der Waals surface area contributed by atoms with Crippen molar-refractivity contribution < 1.29 is 18.8 Å². The molecule has 0 radical (unpaired) electrons. The molecule has 2 aromatic carbocycles. The van der Waals surface area contributed by atoms with Gasteiger partial charge in [0.1, 0.15) is 29.9 Å². The Bertz CT molecular complexity index is 1190. The molecule has 148 valence electrons. The minimum Gasteiger partial charge on any atom is -0.381 e. The fourth-order valence-corrected chi connectivity index (χ4v) is 3.20. The third kappa shape index (κ3) is 3.67. The summed E-state index contributed by atoms with van der Waals surface area (Å²) < 4.78 is 30.5. The van der Waals surface area contributed by atoms with Gasteiger partial charge in [-0.1, -0.05) is 6.07 Å². The Morgan fingerprint density at radius 2 is 1.93 bits per heavy atom. The monoisotopic (exact) mass is 400 g/mol. The summed E-state index contributed by atoms with van der Waals surface area (Å²) in [6.45, 7) is -0.385. The van der Waals surface area contributed by atoms with Gasteiger partial charge in [0.25, 0.3) is 5.69 Å². The normalized spacial score (nSPS) is 13.5. The Morgan fingerprint density at radius 3 is 2.62 bits per heavy atom. The lowest BCUT2D eigenvalue weighted by atomic mass is 9.93. The van der Waals surface area contributed by atoms with Crippen LogP contribution in [0.25, 0.3) is 10.9 Å². The Balaban J connectivity index is 1.75. The van der Waals surface area contributed by atoms with Crippen LogP contribution >= 0.6 is 0 Å². The van der Waals surface area contributed by atoms with Crippen LogP contribution in [0.3, 0.4) is 0 Å². The standard InChI is InChI=1S/C18H14F2N6O3/c19-13-1-3-15(16(20)6-13)18(27,9-25-11-21-10-22-25)8-24-7-12-5-14(26(28)29)2-4-17(12)23-24/h1-7,10-11,27H,8-9H2. The maximum absolute atomic E-state index is 14.5. The number of aromatic nitrogens is 5. The van der Waals surface area contributed by atoms with Gasteiger partial charge in [-0.25, -0.2) is 18.4 Å². The van der Waals surface area contributed by atoms with E-state index in [1.54, 1.807) is 0 Å². The zero-order chi connectivity index (χ0) is 20.6. The van der Waals surface area contributed by atoms with Gasteiger partial charge in [0.05, 0.1) is 23.5 Å². The van der Waals surface area contributed by atoms with Crippen LogP contribution in [-0.2, 0) is 18.7 Å². The second-order valence-electron chi connectivity index (χ2n) is 6.58. The van der Waals surface area contributed by atoms with Crippen molar-refractivity contribution in [1.82, 2.24) is 24.5 Å². The summed E-state index contributed by atoms with van der Waals surface area (Å²) in [7, 11) is 0. The molecule has 1 unspecified atom stereocenters. The van der Waals surface area contributed by atoms with E-state index in [2.05, 4.69) is 15.2 Å². The van der Waals surface area contributed by atoms with Crippen LogP contribution in [0.2, 0.25) is 0 Å². The van der Waals surface area contributed by atoms with Crippen molar-refractivity contribution >= 4 is 16.6 Å². The third-order valence-corrected chi connectivity index (χ3v) is 4.49. The topological polar surface area (TPSA) is 112 Å². The van der Waals surface area contributed by atoms with Crippen molar-refractivity contribution in [2.24, 2.45) is 0 Å². The van der Waals surface area contributed by atoms with Crippen molar-refractivity contribution in [2.45, 2.75) is 18.7 Å². The molecular weight excluding hydrogens is 386 g/mol. The first-order valence-corrected chi connectivity index (χ1v) is 8.46. The number of non-ortho nitro benzene ring substituents is 1. The second-order valence-corrected chi connectivity index (χ2v) is 6.58. The summed E-state index contributed by atoms with van der Waals surface area (Å²) in [5.74, 6) is -1.69. The highest BCUT2D eigenvalue weighted by molar-refractivity contribution is 5.80. The zero-order valence-electron chi connectivity index (χ0n) is 14.8. The molecule has 1 N–H and O–H groups in total. The Morgan fingerprint density at radius 1 is 1.14 bits per heavy atom. The van der Waals surface area contributed by atoms with Crippen molar-refractivity contribution in [3.05, 3.63) is 82.6 Å². The van der Waals surface area contributed by atoms with E-state index in [1.807, 2.05) is 0 Å². The van der Waals surface area contributed by atoms with Gasteiger partial charge in [0.2, 0.25) is 0 Å². The van der Waals surface area contributed by atoms with Crippen LogP contribution in [0, 0.1) is 21.7 Å². The van der Waals surface area contributed by atoms with Gasteiger partial charge < -0.3 is 5.11 Å². The molecule has 0 spiro atoms. The minimum atomic E-state index is -1.85. The minimum absolute atomic E-state index is 0.0977. The highest BCUT2D eigenvalue weighted by atomic mass is 19.1. The Labute approximate surface area is 162 Å². The van der Waals surface area contributed by atoms with Crippen LogP contribution in [0.15, 0.2) is 55.2 Å². The van der Waals surface area contributed by atoms with E-state index in [1.165, 1.54) is 46.4 Å². The molecule has 0 aliphatic heterocycles. The molecule has 0 aliphatic rings. The number of nitro benzene ring substituents is 1. The van der Waals surface area contributed by atoms with Gasteiger partial charge in [0.15, 0.2) is 0 Å². The quantitative estimate of drug-likeness (QED) is 0.393. The summed E-state index contributed by atoms with van der Waals surface area (Å²) >= 11 is 0. The number of rotatable bonds is 6. The van der Waals surface area contributed by atoms with Crippen LogP contribution in [0.4, 0.5) is 14.5 Å². The number of nitro groups is 1. The molecule has 0 amide bonds. The fourth-order valence-electron chi connectivity index (χ4n) is 3.20. The highest BCUT2D eigenvalue weighted by Crippen LogP contribution is 2.29. The molecule has 2 aromatic heterocycles. The summed E-state index contributed by atoms with van der Waals surface area (Å²) in [4.78, 5) is 14.2. The third-order valence-electron chi connectivity index (χ3n) is 4.49. The average Bonchev–Trinajstić information content (AvgIpc) is 3.29. The maximum Gasteiger partial charge on any atom is 0.270 e. The molecule has 2 heterocycles. The van der Waals surface area contributed by atoms with Gasteiger partial charge in [-0.3, -0.25) is 14.8 Å². The van der Waals surface area contributed by atoms with Crippen LogP contribution < -0.4 is 0 Å². The lowest BCUT2D eigenvalue weighted by molar-refractivity contribution is -0.384. The summed E-state index contributed by atoms with van der Waals surface area (Å²) in [6, 6.07) is 7.06. The van der Waals surface area contributed by atoms with E-state index in [-0.39, 0.29) is 24.3 Å². The number of aliphatic hydroxyl groups is 1. The molecule has 0 bridgehead atoms. The molecule has 4 aromatic rings. The van der Waals surface area contributed by atoms with Crippen molar-refractivity contribution in [3.63, 3.8) is 0 Å². The largest absolute Gasteiger partial charge is 0.381 e. The molecule has 9 nitrogen and oxygen atoms in total. The van der Waals surface area contributed by atoms with Crippen molar-refractivity contribution in [3.8, 4) is 0 Å². The highest BCUT2D eigenvalue weighted by Gasteiger charge is 2.34. The van der Waals surface area contributed by atoms with E-state index in [0.717, 1.165) is 12.1 Å². The lowest BCUT2D eigenvalue weighted by Crippen LogP contribution is -2.37. The van der Waals surface area contributed by atoms with Crippen molar-refractivity contribution in [2.75, 3.05) is 0 Å². The SMILES string of the molecule is O=[N+]([O-])c1ccc2nn(CC(O)(Cn3cncn3)c3ccc(F)cc3F)cc2c1. The molecule has 1 atom stereocenters. The lowest BCUT2D eigenvalue weighted by Gasteiger charge is -2.28. The molecule has 0 aliphatic carbocycles. The van der Waals surface area contributed by atoms with Gasteiger partial charge in [0, 0.05) is 35.3 Å². The number of hydrogen-bond acceptors (Lipinski definition) is 6. The molecular formula is C18H14F2N6O3. The zero-order valence-corrected chi connectivity index (χ0v) is 14.8. The smallest absolute Gasteiger partial charge is 0.270 e. The van der Waals surface area contributed by atoms with Crippen LogP contribution in [0.5, 0.6) is 0 Å². The first kappa shape index (κ1) is 18.6. The molecule has 0 fully saturated rings. The summed E-state index contributed by atoms with van der Waals surface area (Å²) in [5.41, 5.74) is -1.61. The number of benzene rings is 2. The number of fused-ring (bicyclic) bond motifs is 1. The van der Waals surface area contributed by atoms with E-state index >= 15 is 0 Å². The van der Waals surface area contributed by atoms with Crippen molar-refractivity contribution in [1.29, 1.82) is 0 Å². The molecule has 11 heteroatoms. The maximum atomic E-state index is 14.5. The van der Waals surface area contributed by atoms with Gasteiger partial charge >= 0.3 is 0 Å². The molecule has 0 saturated heterocycles. The van der Waals surface area contributed by atoms with Crippen LogP contribution in [-0.4, -0.2) is 34.6 Å². The number of nitrogens with zero attached hydrogens (tertiary/aromatic N) is 6. The predicted molar refractivity (Wildman–Crippen MR) is 96.7 cm³/mol. The number of halogens is 2. The molecule has 4 rings (SSSR count). The van der Waals surface area contributed by atoms with E-state index in [4.69, 9.17) is 0 Å². The first-order valence-electron chi connectivity index (χ1n) is 8.46. The second kappa shape index (κ2) is 7.02. The average molecular weight is 400 g/mol. The molecule has 29 heavy (non-hydrogen) atoms. The van der Waals surface area contributed by atoms with E-state index < -0.39 is 22.2 Å².